The summed E-state index contributed by atoms with van der Waals surface area (Å²) >= 11 is 0. The van der Waals surface area contributed by atoms with Gasteiger partial charge in [0.2, 0.25) is 5.91 Å². The summed E-state index contributed by atoms with van der Waals surface area (Å²) in [6, 6.07) is 10.8. The monoisotopic (exact) mass is 373 g/mol. The van der Waals surface area contributed by atoms with Crippen LogP contribution in [0.2, 0.25) is 0 Å². The molecule has 142 valence electrons. The van der Waals surface area contributed by atoms with Crippen LogP contribution in [0.5, 0.6) is 11.5 Å². The molecule has 0 radical (unpaired) electrons. The van der Waals surface area contributed by atoms with Gasteiger partial charge in [-0.25, -0.2) is 9.82 Å². The van der Waals surface area contributed by atoms with Crippen molar-refractivity contribution in [3.63, 3.8) is 0 Å². The summed E-state index contributed by atoms with van der Waals surface area (Å²) < 4.78 is 23.8. The minimum atomic E-state index is -0.612. The Labute approximate surface area is 156 Å². The second-order valence-corrected chi connectivity index (χ2v) is 5.39. The first-order chi connectivity index (χ1) is 13.0. The molecule has 8 heteroatoms. The standard InChI is InChI=1S/C19H20FN3O4/c1-26-16-8-7-13(11-17(16)27-2)12-22-23-18(24)9-10-21-19(25)14-5-3-4-6-15(14)20/h3-8,11-12H,9-10H2,1-2H3,(H,21,25)(H,23,24). The molecule has 0 bridgehead atoms. The normalized spacial score (nSPS) is 10.5. The molecule has 0 aliphatic rings. The van der Waals surface area contributed by atoms with Crippen molar-refractivity contribution in [1.82, 2.24) is 10.7 Å². The Kier molecular flexibility index (Phi) is 7.30. The van der Waals surface area contributed by atoms with Gasteiger partial charge in [-0.05, 0) is 35.9 Å². The van der Waals surface area contributed by atoms with Crippen molar-refractivity contribution < 1.29 is 23.5 Å². The number of nitrogens with zero attached hydrogens (tertiary/aromatic N) is 1. The Morgan fingerprint density at radius 3 is 2.56 bits per heavy atom. The predicted molar refractivity (Wildman–Crippen MR) is 98.6 cm³/mol. The highest BCUT2D eigenvalue weighted by Gasteiger charge is 2.10. The van der Waals surface area contributed by atoms with Crippen LogP contribution in [-0.2, 0) is 4.79 Å². The topological polar surface area (TPSA) is 89.0 Å². The number of hydrazone groups is 1. The van der Waals surface area contributed by atoms with Crippen LogP contribution < -0.4 is 20.2 Å². The van der Waals surface area contributed by atoms with Crippen molar-refractivity contribution in [2.45, 2.75) is 6.42 Å². The van der Waals surface area contributed by atoms with Gasteiger partial charge >= 0.3 is 0 Å². The van der Waals surface area contributed by atoms with Crippen molar-refractivity contribution in [3.8, 4) is 11.5 Å². The number of hydrogen-bond donors (Lipinski definition) is 2. The lowest BCUT2D eigenvalue weighted by atomic mass is 10.2. The third-order valence-corrected chi connectivity index (χ3v) is 3.57. The molecule has 2 aromatic rings. The molecule has 7 nitrogen and oxygen atoms in total. The van der Waals surface area contributed by atoms with E-state index in [1.807, 2.05) is 0 Å². The van der Waals surface area contributed by atoms with Crippen LogP contribution in [0.15, 0.2) is 47.6 Å². The van der Waals surface area contributed by atoms with Gasteiger partial charge in [0.1, 0.15) is 5.82 Å². The summed E-state index contributed by atoms with van der Waals surface area (Å²) in [4.78, 5) is 23.6. The van der Waals surface area contributed by atoms with E-state index in [4.69, 9.17) is 9.47 Å². The number of nitrogens with one attached hydrogen (secondary N) is 2. The van der Waals surface area contributed by atoms with E-state index in [1.54, 1.807) is 24.3 Å². The lowest BCUT2D eigenvalue weighted by Crippen LogP contribution is -2.29. The SMILES string of the molecule is COc1ccc(C=NNC(=O)CCNC(=O)c2ccccc2F)cc1OC. The zero-order valence-corrected chi connectivity index (χ0v) is 15.0. The van der Waals surface area contributed by atoms with Crippen molar-refractivity contribution in [3.05, 3.63) is 59.4 Å². The lowest BCUT2D eigenvalue weighted by molar-refractivity contribution is -0.120. The molecule has 0 atom stereocenters. The number of carbonyl (C=O) groups excluding carboxylic acids is 2. The largest absolute Gasteiger partial charge is 0.493 e. The van der Waals surface area contributed by atoms with E-state index in [0.717, 1.165) is 0 Å². The molecule has 2 amide bonds. The number of benzene rings is 2. The van der Waals surface area contributed by atoms with Crippen LogP contribution in [0.3, 0.4) is 0 Å². The minimum Gasteiger partial charge on any atom is -0.493 e. The number of carbonyl (C=O) groups is 2. The Hall–Kier alpha value is -3.42. The summed E-state index contributed by atoms with van der Waals surface area (Å²) in [6.07, 6.45) is 1.46. The molecule has 0 fully saturated rings. The molecule has 0 aromatic heterocycles. The van der Waals surface area contributed by atoms with Gasteiger partial charge in [0.05, 0.1) is 26.0 Å². The molecule has 0 heterocycles. The number of rotatable bonds is 8. The van der Waals surface area contributed by atoms with Gasteiger partial charge in [-0.2, -0.15) is 5.10 Å². The molecular weight excluding hydrogens is 353 g/mol. The molecule has 0 aliphatic carbocycles. The van der Waals surface area contributed by atoms with E-state index in [-0.39, 0.29) is 24.4 Å². The average Bonchev–Trinajstić information content (AvgIpc) is 2.68. The van der Waals surface area contributed by atoms with Crippen molar-refractivity contribution in [1.29, 1.82) is 0 Å². The van der Waals surface area contributed by atoms with Gasteiger partial charge in [-0.1, -0.05) is 12.1 Å². The smallest absolute Gasteiger partial charge is 0.254 e. The molecule has 0 spiro atoms. The zero-order valence-electron chi connectivity index (χ0n) is 15.0. The van der Waals surface area contributed by atoms with E-state index in [9.17, 15) is 14.0 Å². The Morgan fingerprint density at radius 1 is 1.11 bits per heavy atom. The van der Waals surface area contributed by atoms with E-state index >= 15 is 0 Å². The third-order valence-electron chi connectivity index (χ3n) is 3.57. The fraction of sp³-hybridized carbons (Fsp3) is 0.211. The second-order valence-electron chi connectivity index (χ2n) is 5.39. The Balaban J connectivity index is 1.78. The van der Waals surface area contributed by atoms with Crippen molar-refractivity contribution >= 4 is 18.0 Å². The fourth-order valence-corrected chi connectivity index (χ4v) is 2.20. The number of hydrogen-bond acceptors (Lipinski definition) is 5. The average molecular weight is 373 g/mol. The van der Waals surface area contributed by atoms with Gasteiger partial charge in [-0.3, -0.25) is 9.59 Å². The first-order valence-corrected chi connectivity index (χ1v) is 8.11. The summed E-state index contributed by atoms with van der Waals surface area (Å²) in [6.45, 7) is 0.0604. The van der Waals surface area contributed by atoms with Gasteiger partial charge in [0.15, 0.2) is 11.5 Å². The number of halogens is 1. The van der Waals surface area contributed by atoms with Crippen molar-refractivity contribution in [2.24, 2.45) is 5.10 Å². The summed E-state index contributed by atoms with van der Waals surface area (Å²) in [5, 5.41) is 6.33. The van der Waals surface area contributed by atoms with Gasteiger partial charge in [0.25, 0.3) is 5.91 Å². The van der Waals surface area contributed by atoms with Crippen LogP contribution in [0.4, 0.5) is 4.39 Å². The van der Waals surface area contributed by atoms with Crippen LogP contribution >= 0.6 is 0 Å². The highest BCUT2D eigenvalue weighted by molar-refractivity contribution is 5.94. The third kappa shape index (κ3) is 5.81. The maximum atomic E-state index is 13.5. The Bertz CT molecular complexity index is 839. The van der Waals surface area contributed by atoms with E-state index in [1.165, 1.54) is 38.6 Å². The molecule has 2 N–H and O–H groups in total. The molecular formula is C19H20FN3O4. The van der Waals surface area contributed by atoms with E-state index in [0.29, 0.717) is 17.1 Å². The lowest BCUT2D eigenvalue weighted by Gasteiger charge is -2.07. The van der Waals surface area contributed by atoms with Gasteiger partial charge in [-0.15, -0.1) is 0 Å². The predicted octanol–water partition coefficient (Wildman–Crippen LogP) is 2.11. The number of methoxy groups -OCH3 is 2. The van der Waals surface area contributed by atoms with Gasteiger partial charge < -0.3 is 14.8 Å². The summed E-state index contributed by atoms with van der Waals surface area (Å²) in [5.74, 6) is -0.442. The summed E-state index contributed by atoms with van der Waals surface area (Å²) in [7, 11) is 3.06. The van der Waals surface area contributed by atoms with Gasteiger partial charge in [0, 0.05) is 13.0 Å². The first kappa shape index (κ1) is 19.9. The van der Waals surface area contributed by atoms with E-state index < -0.39 is 11.7 Å². The van der Waals surface area contributed by atoms with E-state index in [2.05, 4.69) is 15.8 Å². The highest BCUT2D eigenvalue weighted by atomic mass is 19.1. The number of amides is 2. The molecule has 2 aromatic carbocycles. The van der Waals surface area contributed by atoms with Crippen LogP contribution in [0, 0.1) is 5.82 Å². The van der Waals surface area contributed by atoms with Crippen molar-refractivity contribution in [2.75, 3.05) is 20.8 Å². The molecule has 0 unspecified atom stereocenters. The molecule has 0 saturated heterocycles. The zero-order chi connectivity index (χ0) is 19.6. The fourth-order valence-electron chi connectivity index (χ4n) is 2.20. The molecule has 2 rings (SSSR count). The number of ether oxygens (including phenoxy) is 2. The second kappa shape index (κ2) is 9.91. The molecule has 0 aliphatic heterocycles. The van der Waals surface area contributed by atoms with Crippen LogP contribution in [0.1, 0.15) is 22.3 Å². The maximum absolute atomic E-state index is 13.5. The quantitative estimate of drug-likeness (QED) is 0.548. The highest BCUT2D eigenvalue weighted by Crippen LogP contribution is 2.26. The molecule has 0 saturated carbocycles. The maximum Gasteiger partial charge on any atom is 0.254 e. The molecule has 27 heavy (non-hydrogen) atoms. The van der Waals surface area contributed by atoms with Crippen LogP contribution in [-0.4, -0.2) is 38.8 Å². The minimum absolute atomic E-state index is 0.00344. The summed E-state index contributed by atoms with van der Waals surface area (Å²) in [5.41, 5.74) is 3.00. The van der Waals surface area contributed by atoms with Crippen LogP contribution in [0.25, 0.3) is 0 Å². The first-order valence-electron chi connectivity index (χ1n) is 8.11. The Morgan fingerprint density at radius 2 is 1.85 bits per heavy atom.